The second kappa shape index (κ2) is 5.54. The first kappa shape index (κ1) is 13.0. The largest absolute Gasteiger partial charge is 0.458 e. The first-order valence-electron chi connectivity index (χ1n) is 6.18. The van der Waals surface area contributed by atoms with Crippen LogP contribution in [0.25, 0.3) is 0 Å². The molecule has 1 saturated heterocycles. The zero-order valence-electron chi connectivity index (χ0n) is 10.5. The summed E-state index contributed by atoms with van der Waals surface area (Å²) in [5, 5.41) is 3.71. The van der Waals surface area contributed by atoms with Crippen LogP contribution in [0.4, 0.5) is 4.39 Å². The van der Waals surface area contributed by atoms with Crippen molar-refractivity contribution in [2.24, 2.45) is 0 Å². The number of hydrogen-bond donors (Lipinski definition) is 0. The van der Waals surface area contributed by atoms with Crippen molar-refractivity contribution in [2.45, 2.75) is 12.5 Å². The Morgan fingerprint density at radius 3 is 2.95 bits per heavy atom. The van der Waals surface area contributed by atoms with Crippen molar-refractivity contribution in [3.63, 3.8) is 0 Å². The lowest BCUT2D eigenvalue weighted by molar-refractivity contribution is 0.0770. The summed E-state index contributed by atoms with van der Waals surface area (Å²) in [4.78, 5) is 21.4. The lowest BCUT2D eigenvalue weighted by Gasteiger charge is -2.15. The molecule has 0 N–H and O–H groups in total. The molecule has 0 aliphatic carbocycles. The van der Waals surface area contributed by atoms with E-state index in [2.05, 4.69) is 9.97 Å². The van der Waals surface area contributed by atoms with Gasteiger partial charge in [0.15, 0.2) is 5.82 Å². The normalized spacial score (nSPS) is 18.2. The van der Waals surface area contributed by atoms with Crippen LogP contribution in [0.2, 0.25) is 0 Å². The minimum Gasteiger partial charge on any atom is -0.458 e. The van der Waals surface area contributed by atoms with Crippen LogP contribution in [0.5, 0.6) is 6.01 Å². The molecule has 1 atom stereocenters. The maximum absolute atomic E-state index is 12.7. The van der Waals surface area contributed by atoms with Gasteiger partial charge in [0.25, 0.3) is 5.91 Å². The number of rotatable bonds is 3. The fraction of sp³-hybridized carbons (Fsp3) is 0.308. The molecule has 1 amide bonds. The first-order valence-corrected chi connectivity index (χ1v) is 7.12. The summed E-state index contributed by atoms with van der Waals surface area (Å²) < 4.78 is 18.2. The summed E-state index contributed by atoms with van der Waals surface area (Å²) >= 11 is 1.50. The molecule has 20 heavy (non-hydrogen) atoms. The minimum absolute atomic E-state index is 0.0115. The number of hydrogen-bond acceptors (Lipinski definition) is 5. The molecule has 104 valence electrons. The average Bonchev–Trinajstić information content (AvgIpc) is 3.12. The van der Waals surface area contributed by atoms with E-state index in [1.165, 1.54) is 11.3 Å². The molecule has 0 saturated carbocycles. The molecule has 1 fully saturated rings. The number of amides is 1. The van der Waals surface area contributed by atoms with E-state index in [0.717, 1.165) is 18.8 Å². The number of halogens is 1. The smallest absolute Gasteiger partial charge is 0.316 e. The maximum atomic E-state index is 12.7. The third kappa shape index (κ3) is 2.77. The van der Waals surface area contributed by atoms with E-state index < -0.39 is 5.82 Å². The number of likely N-dealkylation sites (tertiary alicyclic amines) is 1. The molecule has 7 heteroatoms. The Bertz CT molecular complexity index is 588. The van der Waals surface area contributed by atoms with Crippen LogP contribution in [0.15, 0.2) is 29.2 Å². The van der Waals surface area contributed by atoms with E-state index in [9.17, 15) is 9.18 Å². The van der Waals surface area contributed by atoms with Crippen molar-refractivity contribution in [3.8, 4) is 6.01 Å². The number of nitrogens with zero attached hydrogens (tertiary/aromatic N) is 3. The van der Waals surface area contributed by atoms with Gasteiger partial charge in [-0.2, -0.15) is 11.3 Å². The van der Waals surface area contributed by atoms with Gasteiger partial charge in [-0.25, -0.2) is 14.4 Å². The fourth-order valence-corrected chi connectivity index (χ4v) is 2.72. The predicted molar refractivity (Wildman–Crippen MR) is 71.2 cm³/mol. The van der Waals surface area contributed by atoms with Crippen LogP contribution >= 0.6 is 11.3 Å². The van der Waals surface area contributed by atoms with Gasteiger partial charge in [-0.3, -0.25) is 4.79 Å². The molecular weight excluding hydrogens is 281 g/mol. The Balaban J connectivity index is 1.59. The standard InChI is InChI=1S/C13H12FN3O2S/c14-10-5-15-13(16-6-10)19-11-1-3-17(7-11)12(18)9-2-4-20-8-9/h2,4-6,8,11H,1,3,7H2/t11-/m1/s1. The molecule has 5 nitrogen and oxygen atoms in total. The van der Waals surface area contributed by atoms with Gasteiger partial charge in [0, 0.05) is 18.3 Å². The van der Waals surface area contributed by atoms with E-state index in [4.69, 9.17) is 4.74 Å². The van der Waals surface area contributed by atoms with E-state index in [0.29, 0.717) is 18.7 Å². The lowest BCUT2D eigenvalue weighted by atomic mass is 10.3. The Morgan fingerprint density at radius 1 is 1.45 bits per heavy atom. The highest BCUT2D eigenvalue weighted by atomic mass is 32.1. The zero-order chi connectivity index (χ0) is 13.9. The van der Waals surface area contributed by atoms with Crippen molar-refractivity contribution in [2.75, 3.05) is 13.1 Å². The van der Waals surface area contributed by atoms with Crippen LogP contribution in [0, 0.1) is 5.82 Å². The van der Waals surface area contributed by atoms with E-state index in [1.807, 2.05) is 16.8 Å². The number of aromatic nitrogens is 2. The molecule has 0 aromatic carbocycles. The Hall–Kier alpha value is -2.02. The monoisotopic (exact) mass is 293 g/mol. The molecular formula is C13H12FN3O2S. The van der Waals surface area contributed by atoms with Crippen molar-refractivity contribution in [1.29, 1.82) is 0 Å². The van der Waals surface area contributed by atoms with Gasteiger partial charge in [-0.1, -0.05) is 0 Å². The van der Waals surface area contributed by atoms with Gasteiger partial charge in [0.05, 0.1) is 24.5 Å². The SMILES string of the molecule is O=C(c1ccsc1)N1CC[C@@H](Oc2ncc(F)cn2)C1. The van der Waals surface area contributed by atoms with Crippen LogP contribution in [0.1, 0.15) is 16.8 Å². The number of thiophene rings is 1. The third-order valence-electron chi connectivity index (χ3n) is 3.07. The minimum atomic E-state index is -0.502. The van der Waals surface area contributed by atoms with E-state index in [-0.39, 0.29) is 18.0 Å². The molecule has 0 bridgehead atoms. The molecule has 1 aliphatic rings. The second-order valence-electron chi connectivity index (χ2n) is 4.48. The number of ether oxygens (including phenoxy) is 1. The average molecular weight is 293 g/mol. The first-order chi connectivity index (χ1) is 9.72. The molecule has 0 unspecified atom stereocenters. The molecule has 0 radical (unpaired) electrons. The van der Waals surface area contributed by atoms with Crippen molar-refractivity contribution < 1.29 is 13.9 Å². The van der Waals surface area contributed by atoms with Gasteiger partial charge in [0.2, 0.25) is 0 Å². The summed E-state index contributed by atoms with van der Waals surface area (Å²) in [7, 11) is 0. The maximum Gasteiger partial charge on any atom is 0.316 e. The Kier molecular flexibility index (Phi) is 3.60. The Morgan fingerprint density at radius 2 is 2.25 bits per heavy atom. The van der Waals surface area contributed by atoms with Gasteiger partial charge in [-0.05, 0) is 11.4 Å². The van der Waals surface area contributed by atoms with Gasteiger partial charge in [-0.15, -0.1) is 0 Å². The van der Waals surface area contributed by atoms with Gasteiger partial charge >= 0.3 is 6.01 Å². The molecule has 2 aromatic rings. The van der Waals surface area contributed by atoms with Crippen LogP contribution in [-0.2, 0) is 0 Å². The number of carbonyl (C=O) groups is 1. The molecule has 3 rings (SSSR count). The van der Waals surface area contributed by atoms with Gasteiger partial charge in [0.1, 0.15) is 6.10 Å². The van der Waals surface area contributed by atoms with Gasteiger partial charge < -0.3 is 9.64 Å². The molecule has 2 aromatic heterocycles. The molecule has 3 heterocycles. The summed E-state index contributed by atoms with van der Waals surface area (Å²) in [5.74, 6) is -0.490. The summed E-state index contributed by atoms with van der Waals surface area (Å²) in [5.41, 5.74) is 0.702. The Labute approximate surface area is 119 Å². The zero-order valence-corrected chi connectivity index (χ0v) is 11.3. The number of carbonyl (C=O) groups excluding carboxylic acids is 1. The van der Waals surface area contributed by atoms with E-state index in [1.54, 1.807) is 4.90 Å². The summed E-state index contributed by atoms with van der Waals surface area (Å²) in [6.07, 6.45) is 2.69. The molecule has 0 spiro atoms. The quantitative estimate of drug-likeness (QED) is 0.868. The highest BCUT2D eigenvalue weighted by molar-refractivity contribution is 7.08. The summed E-state index contributed by atoms with van der Waals surface area (Å²) in [6.45, 7) is 1.13. The molecule has 1 aliphatic heterocycles. The lowest BCUT2D eigenvalue weighted by Crippen LogP contribution is -2.30. The highest BCUT2D eigenvalue weighted by Gasteiger charge is 2.28. The summed E-state index contributed by atoms with van der Waals surface area (Å²) in [6, 6.07) is 1.95. The van der Waals surface area contributed by atoms with Crippen molar-refractivity contribution in [1.82, 2.24) is 14.9 Å². The van der Waals surface area contributed by atoms with Crippen LogP contribution < -0.4 is 4.74 Å². The van der Waals surface area contributed by atoms with Crippen LogP contribution in [0.3, 0.4) is 0 Å². The second-order valence-corrected chi connectivity index (χ2v) is 5.26. The third-order valence-corrected chi connectivity index (χ3v) is 3.75. The topological polar surface area (TPSA) is 55.3 Å². The van der Waals surface area contributed by atoms with Crippen molar-refractivity contribution in [3.05, 3.63) is 40.6 Å². The highest BCUT2D eigenvalue weighted by Crippen LogP contribution is 2.18. The van der Waals surface area contributed by atoms with Crippen molar-refractivity contribution >= 4 is 17.2 Å². The fourth-order valence-electron chi connectivity index (χ4n) is 2.09. The van der Waals surface area contributed by atoms with Crippen LogP contribution in [-0.4, -0.2) is 40.0 Å². The van der Waals surface area contributed by atoms with E-state index >= 15 is 0 Å². The predicted octanol–water partition coefficient (Wildman–Crippen LogP) is 1.97.